The number of carbonyl (C=O) groups is 1. The fourth-order valence-corrected chi connectivity index (χ4v) is 6.19. The average molecular weight is 690 g/mol. The second-order valence-corrected chi connectivity index (χ2v) is 14.5. The van der Waals surface area contributed by atoms with E-state index in [-0.39, 0.29) is 23.3 Å². The third kappa shape index (κ3) is 21.6. The van der Waals surface area contributed by atoms with Crippen LogP contribution in [0.3, 0.4) is 0 Å². The quantitative estimate of drug-likeness (QED) is 0.0443. The number of esters is 1. The summed E-state index contributed by atoms with van der Waals surface area (Å²) in [6.45, 7) is 5.94. The van der Waals surface area contributed by atoms with Gasteiger partial charge in [-0.3, -0.25) is 4.79 Å². The molecule has 8 nitrogen and oxygen atoms in total. The highest BCUT2D eigenvalue weighted by atomic mass is 32.2. The lowest BCUT2D eigenvalue weighted by Gasteiger charge is -2.12. The van der Waals surface area contributed by atoms with E-state index in [0.29, 0.717) is 19.6 Å². The maximum atomic E-state index is 12.0. The highest BCUT2D eigenvalue weighted by molar-refractivity contribution is 7.85. The minimum atomic E-state index is -4.27. The van der Waals surface area contributed by atoms with Crippen LogP contribution in [-0.2, 0) is 35.7 Å². The average Bonchev–Trinajstić information content (AvgIpc) is 3.53. The smallest absolute Gasteiger partial charge is 0.305 e. The van der Waals surface area contributed by atoms with Crippen molar-refractivity contribution in [1.82, 2.24) is 0 Å². The van der Waals surface area contributed by atoms with Crippen LogP contribution >= 0.6 is 0 Å². The van der Waals surface area contributed by atoms with E-state index in [1.165, 1.54) is 102 Å². The minimum Gasteiger partial charge on any atom is -0.744 e. The van der Waals surface area contributed by atoms with Crippen LogP contribution in [-0.4, -0.2) is 44.5 Å². The first kappa shape index (κ1) is 41.8. The zero-order valence-electron chi connectivity index (χ0n) is 29.8. The second-order valence-electron chi connectivity index (χ2n) is 13.1. The van der Waals surface area contributed by atoms with Crippen LogP contribution in [0.15, 0.2) is 59.8 Å². The number of aromatic nitrogens is 1. The molecule has 272 valence electrons. The Kier molecular flexibility index (Phi) is 23.1. The van der Waals surface area contributed by atoms with Crippen LogP contribution in [0.5, 0.6) is 0 Å². The van der Waals surface area contributed by atoms with Crippen LogP contribution in [0, 0.1) is 6.92 Å². The summed E-state index contributed by atoms with van der Waals surface area (Å²) in [7, 11) is -4.27. The third-order valence-electron chi connectivity index (χ3n) is 8.67. The van der Waals surface area contributed by atoms with Gasteiger partial charge in [-0.25, -0.2) is 13.0 Å². The summed E-state index contributed by atoms with van der Waals surface area (Å²) in [4.78, 5) is 11.8. The standard InChI is InChI=1S/C32H56NO4.C7H8O3S/c1-2-3-4-5-6-7-8-9-10-11-12-13-14-15-19-24-32-36-29-30(37-32)28-35-31(34)23-18-16-20-25-33-26-21-17-22-27-33;1-6-2-4-7(5-3-6)11(8,9)10/h17,21-22,26-27,30,32H,2-16,18-20,23-25,28-29H2,1H3;2-5H,1H3,(H,8,9,10)/q+1;/p-1/t30-,32-;/m1./s1. The number of benzene rings is 1. The zero-order valence-corrected chi connectivity index (χ0v) is 30.6. The minimum absolute atomic E-state index is 0.111. The molecule has 0 radical (unpaired) electrons. The van der Waals surface area contributed by atoms with Gasteiger partial charge in [-0.05, 0) is 44.7 Å². The second kappa shape index (κ2) is 26.5. The molecule has 48 heavy (non-hydrogen) atoms. The first-order chi connectivity index (χ1) is 23.3. The molecule has 0 unspecified atom stereocenters. The van der Waals surface area contributed by atoms with Crippen molar-refractivity contribution in [1.29, 1.82) is 0 Å². The predicted molar refractivity (Wildman–Crippen MR) is 189 cm³/mol. The van der Waals surface area contributed by atoms with E-state index in [9.17, 15) is 17.8 Å². The maximum absolute atomic E-state index is 12.0. The molecular weight excluding hydrogens is 626 g/mol. The predicted octanol–water partition coefficient (Wildman–Crippen LogP) is 8.98. The topological polar surface area (TPSA) is 106 Å². The Morgan fingerprint density at radius 3 is 1.90 bits per heavy atom. The molecule has 0 amide bonds. The molecule has 0 spiro atoms. The van der Waals surface area contributed by atoms with Gasteiger partial charge in [0, 0.05) is 25.0 Å². The number of pyridine rings is 1. The Balaban J connectivity index is 0.000000613. The number of hydrogen-bond acceptors (Lipinski definition) is 7. The molecule has 1 aromatic heterocycles. The van der Waals surface area contributed by atoms with Gasteiger partial charge in [-0.2, -0.15) is 0 Å². The van der Waals surface area contributed by atoms with Crippen molar-refractivity contribution in [3.05, 3.63) is 60.4 Å². The Bertz CT molecular complexity index is 1170. The highest BCUT2D eigenvalue weighted by Gasteiger charge is 2.26. The summed E-state index contributed by atoms with van der Waals surface area (Å²) in [5, 5.41) is 0. The van der Waals surface area contributed by atoms with E-state index >= 15 is 0 Å². The van der Waals surface area contributed by atoms with E-state index in [0.717, 1.165) is 44.2 Å². The number of nitrogens with zero attached hydrogens (tertiary/aromatic N) is 1. The summed E-state index contributed by atoms with van der Waals surface area (Å²) in [5.41, 5.74) is 0.928. The number of rotatable bonds is 25. The summed E-state index contributed by atoms with van der Waals surface area (Å²) in [6.07, 6.45) is 28.9. The Hall–Kier alpha value is -2.33. The monoisotopic (exact) mass is 689 g/mol. The molecule has 0 aliphatic carbocycles. The zero-order chi connectivity index (χ0) is 34.7. The van der Waals surface area contributed by atoms with Gasteiger partial charge in [0.05, 0.1) is 11.5 Å². The fraction of sp³-hybridized carbons (Fsp3) is 0.692. The first-order valence-corrected chi connectivity index (χ1v) is 20.1. The van der Waals surface area contributed by atoms with Crippen molar-refractivity contribution in [2.45, 2.75) is 166 Å². The number of unbranched alkanes of at least 4 members (excludes halogenated alkanes) is 16. The third-order valence-corrected chi connectivity index (χ3v) is 9.52. The largest absolute Gasteiger partial charge is 0.744 e. The molecular formula is C39H63NO7S. The van der Waals surface area contributed by atoms with Crippen LogP contribution < -0.4 is 4.57 Å². The maximum Gasteiger partial charge on any atom is 0.305 e. The Labute approximate surface area is 291 Å². The molecule has 0 saturated carbocycles. The SMILES string of the molecule is CCCCCCCCCCCCCCCCC[C@@H]1OC[C@@H](COC(=O)CCCCC[n+]2ccccc2)O1.Cc1ccc(S(=O)(=O)[O-])cc1. The summed E-state index contributed by atoms with van der Waals surface area (Å²) < 4.78 is 50.4. The van der Waals surface area contributed by atoms with Gasteiger partial charge in [-0.1, -0.05) is 121 Å². The van der Waals surface area contributed by atoms with Gasteiger partial charge in [-0.15, -0.1) is 0 Å². The molecule has 2 atom stereocenters. The lowest BCUT2D eigenvalue weighted by molar-refractivity contribution is -0.697. The van der Waals surface area contributed by atoms with Crippen molar-refractivity contribution < 1.29 is 36.5 Å². The summed E-state index contributed by atoms with van der Waals surface area (Å²) >= 11 is 0. The molecule has 2 heterocycles. The molecule has 1 saturated heterocycles. The van der Waals surface area contributed by atoms with E-state index < -0.39 is 10.1 Å². The Morgan fingerprint density at radius 1 is 0.792 bits per heavy atom. The van der Waals surface area contributed by atoms with Crippen LogP contribution in [0.1, 0.15) is 141 Å². The molecule has 1 aliphatic rings. The summed E-state index contributed by atoms with van der Waals surface area (Å²) in [5.74, 6) is -0.123. The lowest BCUT2D eigenvalue weighted by Crippen LogP contribution is -2.32. The van der Waals surface area contributed by atoms with Gasteiger partial charge in [0.2, 0.25) is 0 Å². The number of aryl methyl sites for hydroxylation is 2. The van der Waals surface area contributed by atoms with Crippen molar-refractivity contribution >= 4 is 16.1 Å². The first-order valence-electron chi connectivity index (χ1n) is 18.7. The molecule has 1 aromatic carbocycles. The fourth-order valence-electron chi connectivity index (χ4n) is 5.72. The highest BCUT2D eigenvalue weighted by Crippen LogP contribution is 2.19. The van der Waals surface area contributed by atoms with Crippen molar-refractivity contribution in [2.75, 3.05) is 13.2 Å². The van der Waals surface area contributed by atoms with Gasteiger partial charge < -0.3 is 18.8 Å². The van der Waals surface area contributed by atoms with Gasteiger partial charge in [0.25, 0.3) is 0 Å². The Morgan fingerprint density at radius 2 is 1.33 bits per heavy atom. The normalized spacial score (nSPS) is 16.0. The van der Waals surface area contributed by atoms with Crippen molar-refractivity contribution in [2.24, 2.45) is 0 Å². The van der Waals surface area contributed by atoms with Crippen molar-refractivity contribution in [3.8, 4) is 0 Å². The van der Waals surface area contributed by atoms with Crippen LogP contribution in [0.25, 0.3) is 0 Å². The van der Waals surface area contributed by atoms with E-state index in [2.05, 4.69) is 23.9 Å². The van der Waals surface area contributed by atoms with Crippen LogP contribution in [0.2, 0.25) is 0 Å². The van der Waals surface area contributed by atoms with E-state index in [1.54, 1.807) is 12.1 Å². The van der Waals surface area contributed by atoms with E-state index in [1.807, 2.05) is 25.1 Å². The van der Waals surface area contributed by atoms with Gasteiger partial charge >= 0.3 is 5.97 Å². The number of ether oxygens (including phenoxy) is 3. The molecule has 1 aliphatic heterocycles. The van der Waals surface area contributed by atoms with E-state index in [4.69, 9.17) is 14.2 Å². The molecule has 3 rings (SSSR count). The molecule has 1 fully saturated rings. The number of carbonyl (C=O) groups excluding carboxylic acids is 1. The van der Waals surface area contributed by atoms with Crippen LogP contribution in [0.4, 0.5) is 0 Å². The molecule has 0 bridgehead atoms. The molecule has 9 heteroatoms. The number of hydrogen-bond donors (Lipinski definition) is 0. The van der Waals surface area contributed by atoms with Crippen molar-refractivity contribution in [3.63, 3.8) is 0 Å². The van der Waals surface area contributed by atoms with Gasteiger partial charge in [0.15, 0.2) is 18.7 Å². The molecule has 0 N–H and O–H groups in total. The van der Waals surface area contributed by atoms with Gasteiger partial charge in [0.1, 0.15) is 29.4 Å². The summed E-state index contributed by atoms with van der Waals surface area (Å²) in [6, 6.07) is 11.9. The molecule has 2 aromatic rings. The lowest BCUT2D eigenvalue weighted by atomic mass is 10.0.